The monoisotopic (exact) mass is 248 g/mol. The van der Waals surface area contributed by atoms with Crippen molar-refractivity contribution in [2.75, 3.05) is 0 Å². The second-order valence-corrected chi connectivity index (χ2v) is 6.63. The molecule has 3 aliphatic carbocycles. The van der Waals surface area contributed by atoms with E-state index in [0.29, 0.717) is 23.7 Å². The molecule has 1 aliphatic heterocycles. The first-order valence-electron chi connectivity index (χ1n) is 7.15. The second kappa shape index (κ2) is 3.60. The van der Waals surface area contributed by atoms with E-state index in [9.17, 15) is 4.79 Å². The summed E-state index contributed by atoms with van der Waals surface area (Å²) in [5.41, 5.74) is 0.517. The summed E-state index contributed by atoms with van der Waals surface area (Å²) in [6, 6.07) is 0. The van der Waals surface area contributed by atoms with Gasteiger partial charge in [-0.3, -0.25) is 0 Å². The van der Waals surface area contributed by atoms with Crippen LogP contribution < -0.4 is 0 Å². The van der Waals surface area contributed by atoms with Gasteiger partial charge in [0.2, 0.25) is 0 Å². The molecule has 0 N–H and O–H groups in total. The van der Waals surface area contributed by atoms with E-state index in [0.717, 1.165) is 24.2 Å². The van der Waals surface area contributed by atoms with E-state index in [-0.39, 0.29) is 12.1 Å². The average molecular weight is 248 g/mol. The largest absolute Gasteiger partial charge is 0.459 e. The van der Waals surface area contributed by atoms with Gasteiger partial charge in [0, 0.05) is 5.57 Å². The third-order valence-electron chi connectivity index (χ3n) is 5.60. The molecule has 18 heavy (non-hydrogen) atoms. The van der Waals surface area contributed by atoms with Crippen molar-refractivity contribution in [2.45, 2.75) is 50.9 Å². The summed E-state index contributed by atoms with van der Waals surface area (Å²) < 4.78 is 11.3. The van der Waals surface area contributed by atoms with Gasteiger partial charge in [0.15, 0.2) is 0 Å². The summed E-state index contributed by atoms with van der Waals surface area (Å²) in [5.74, 6) is 2.75. The van der Waals surface area contributed by atoms with E-state index in [1.165, 1.54) is 19.3 Å². The summed E-state index contributed by atoms with van der Waals surface area (Å²) in [7, 11) is 0. The Hall–Kier alpha value is -0.830. The number of epoxide rings is 1. The lowest BCUT2D eigenvalue weighted by molar-refractivity contribution is -0.148. The first kappa shape index (κ1) is 11.0. The Balaban J connectivity index is 1.47. The summed E-state index contributed by atoms with van der Waals surface area (Å²) in [6.07, 6.45) is 6.06. The van der Waals surface area contributed by atoms with Crippen LogP contribution in [0.25, 0.3) is 0 Å². The third-order valence-corrected chi connectivity index (χ3v) is 5.60. The van der Waals surface area contributed by atoms with Crippen LogP contribution in [0.5, 0.6) is 0 Å². The highest BCUT2D eigenvalue weighted by molar-refractivity contribution is 5.87. The SMILES string of the molecule is C=C(C)C(=O)OC1CC2CC1C1CC3OC3CC21. The fourth-order valence-electron chi connectivity index (χ4n) is 4.76. The van der Waals surface area contributed by atoms with Crippen molar-refractivity contribution in [1.29, 1.82) is 0 Å². The molecular weight excluding hydrogens is 228 g/mol. The maximum atomic E-state index is 11.7. The molecule has 2 bridgehead atoms. The van der Waals surface area contributed by atoms with Crippen LogP contribution in [0.3, 0.4) is 0 Å². The van der Waals surface area contributed by atoms with Gasteiger partial charge in [0.1, 0.15) is 6.10 Å². The number of esters is 1. The van der Waals surface area contributed by atoms with Crippen molar-refractivity contribution in [2.24, 2.45) is 23.7 Å². The summed E-state index contributed by atoms with van der Waals surface area (Å²) in [6.45, 7) is 5.39. The zero-order valence-electron chi connectivity index (χ0n) is 10.8. The normalized spacial score (nSPS) is 51.5. The molecule has 3 saturated carbocycles. The highest BCUT2D eigenvalue weighted by atomic mass is 16.6. The van der Waals surface area contributed by atoms with E-state index in [1.807, 2.05) is 0 Å². The van der Waals surface area contributed by atoms with Crippen LogP contribution in [-0.4, -0.2) is 24.3 Å². The van der Waals surface area contributed by atoms with E-state index in [1.54, 1.807) is 6.92 Å². The Bertz CT molecular complexity index is 416. The van der Waals surface area contributed by atoms with Gasteiger partial charge in [-0.15, -0.1) is 0 Å². The van der Waals surface area contributed by atoms with Crippen LogP contribution in [0.4, 0.5) is 0 Å². The molecule has 3 nitrogen and oxygen atoms in total. The van der Waals surface area contributed by atoms with Crippen LogP contribution in [-0.2, 0) is 14.3 Å². The van der Waals surface area contributed by atoms with Crippen molar-refractivity contribution in [3.05, 3.63) is 12.2 Å². The summed E-state index contributed by atoms with van der Waals surface area (Å²) in [5, 5.41) is 0. The quantitative estimate of drug-likeness (QED) is 0.427. The zero-order valence-corrected chi connectivity index (χ0v) is 10.8. The minimum absolute atomic E-state index is 0.149. The number of fused-ring (bicyclic) bond motifs is 6. The van der Waals surface area contributed by atoms with Crippen LogP contribution in [0.1, 0.15) is 32.6 Å². The van der Waals surface area contributed by atoms with Crippen molar-refractivity contribution in [3.63, 3.8) is 0 Å². The fourth-order valence-corrected chi connectivity index (χ4v) is 4.76. The Labute approximate surface area is 108 Å². The molecule has 4 rings (SSSR count). The molecule has 0 aromatic heterocycles. The number of hydrogen-bond acceptors (Lipinski definition) is 3. The number of carbonyl (C=O) groups is 1. The van der Waals surface area contributed by atoms with Gasteiger partial charge in [-0.1, -0.05) is 6.58 Å². The molecule has 4 aliphatic rings. The van der Waals surface area contributed by atoms with Gasteiger partial charge in [-0.2, -0.15) is 0 Å². The van der Waals surface area contributed by atoms with E-state index in [4.69, 9.17) is 9.47 Å². The molecule has 1 heterocycles. The molecule has 0 aromatic rings. The van der Waals surface area contributed by atoms with Crippen molar-refractivity contribution in [1.82, 2.24) is 0 Å². The van der Waals surface area contributed by atoms with Crippen LogP contribution in [0.15, 0.2) is 12.2 Å². The van der Waals surface area contributed by atoms with E-state index >= 15 is 0 Å². The van der Waals surface area contributed by atoms with Crippen LogP contribution >= 0.6 is 0 Å². The predicted molar refractivity (Wildman–Crippen MR) is 65.8 cm³/mol. The number of rotatable bonds is 2. The van der Waals surface area contributed by atoms with E-state index in [2.05, 4.69) is 6.58 Å². The third kappa shape index (κ3) is 1.49. The van der Waals surface area contributed by atoms with Gasteiger partial charge in [-0.25, -0.2) is 4.79 Å². The predicted octanol–water partition coefficient (Wildman–Crippen LogP) is 2.31. The van der Waals surface area contributed by atoms with Gasteiger partial charge < -0.3 is 9.47 Å². The molecule has 7 unspecified atom stereocenters. The Morgan fingerprint density at radius 2 is 1.83 bits per heavy atom. The Morgan fingerprint density at radius 1 is 1.11 bits per heavy atom. The summed E-state index contributed by atoms with van der Waals surface area (Å²) >= 11 is 0. The molecule has 3 heteroatoms. The van der Waals surface area contributed by atoms with Gasteiger partial charge in [0.25, 0.3) is 0 Å². The Kier molecular flexibility index (Phi) is 2.20. The van der Waals surface area contributed by atoms with Crippen LogP contribution in [0, 0.1) is 23.7 Å². The number of ether oxygens (including phenoxy) is 2. The molecule has 0 aromatic carbocycles. The van der Waals surface area contributed by atoms with Crippen molar-refractivity contribution in [3.8, 4) is 0 Å². The maximum absolute atomic E-state index is 11.7. The lowest BCUT2D eigenvalue weighted by Crippen LogP contribution is -2.38. The molecule has 7 atom stereocenters. The molecule has 1 saturated heterocycles. The number of hydrogen-bond donors (Lipinski definition) is 0. The van der Waals surface area contributed by atoms with Gasteiger partial charge in [0.05, 0.1) is 12.2 Å². The second-order valence-electron chi connectivity index (χ2n) is 6.63. The van der Waals surface area contributed by atoms with E-state index < -0.39 is 0 Å². The molecule has 98 valence electrons. The Morgan fingerprint density at radius 3 is 2.56 bits per heavy atom. The highest BCUT2D eigenvalue weighted by Crippen LogP contribution is 2.61. The molecule has 0 spiro atoms. The average Bonchev–Trinajstić information content (AvgIpc) is 2.86. The molecular formula is C15H20O3. The topological polar surface area (TPSA) is 38.8 Å². The summed E-state index contributed by atoms with van der Waals surface area (Å²) in [4.78, 5) is 11.7. The van der Waals surface area contributed by atoms with Gasteiger partial charge in [-0.05, 0) is 56.3 Å². The van der Waals surface area contributed by atoms with Gasteiger partial charge >= 0.3 is 5.97 Å². The maximum Gasteiger partial charge on any atom is 0.333 e. The first-order chi connectivity index (χ1) is 8.63. The lowest BCUT2D eigenvalue weighted by Gasteiger charge is -2.37. The standard InChI is InChI=1S/C15H20O3/c1-7(2)15(16)18-12-4-8-3-11(12)10-6-14-13(17-14)5-9(8)10/h8-14H,1,3-6H2,2H3. The van der Waals surface area contributed by atoms with Crippen molar-refractivity contribution >= 4 is 5.97 Å². The zero-order chi connectivity index (χ0) is 12.4. The number of carbonyl (C=O) groups excluding carboxylic acids is 1. The molecule has 0 radical (unpaired) electrons. The first-order valence-corrected chi connectivity index (χ1v) is 7.15. The lowest BCUT2D eigenvalue weighted by atomic mass is 9.70. The highest BCUT2D eigenvalue weighted by Gasteiger charge is 2.60. The minimum Gasteiger partial charge on any atom is -0.459 e. The fraction of sp³-hybridized carbons (Fsp3) is 0.800. The minimum atomic E-state index is -0.208. The molecule has 4 fully saturated rings. The smallest absolute Gasteiger partial charge is 0.333 e. The van der Waals surface area contributed by atoms with Crippen LogP contribution in [0.2, 0.25) is 0 Å². The molecule has 0 amide bonds. The van der Waals surface area contributed by atoms with Crippen molar-refractivity contribution < 1.29 is 14.3 Å².